The van der Waals surface area contributed by atoms with E-state index in [1.807, 2.05) is 0 Å². The summed E-state index contributed by atoms with van der Waals surface area (Å²) < 4.78 is 0. The van der Waals surface area contributed by atoms with Gasteiger partial charge in [-0.3, -0.25) is 14.4 Å². The van der Waals surface area contributed by atoms with Crippen molar-refractivity contribution in [3.8, 4) is 0 Å². The Morgan fingerprint density at radius 1 is 1.32 bits per heavy atom. The number of carbonyl (C=O) groups excluding carboxylic acids is 3. The molecule has 100 valence electrons. The van der Waals surface area contributed by atoms with E-state index in [0.29, 0.717) is 17.9 Å². The first-order valence-corrected chi connectivity index (χ1v) is 5.94. The topological polar surface area (TPSA) is 92.5 Å². The summed E-state index contributed by atoms with van der Waals surface area (Å²) in [6.07, 6.45) is 0.156. The van der Waals surface area contributed by atoms with Gasteiger partial charge in [0.2, 0.25) is 17.7 Å². The third kappa shape index (κ3) is 2.90. The minimum Gasteiger partial charge on any atom is -0.369 e. The van der Waals surface area contributed by atoms with Crippen molar-refractivity contribution in [2.45, 2.75) is 13.3 Å². The summed E-state index contributed by atoms with van der Waals surface area (Å²) in [5, 5.41) is 2.64. The van der Waals surface area contributed by atoms with E-state index in [4.69, 9.17) is 5.73 Å². The van der Waals surface area contributed by atoms with Crippen LogP contribution >= 0.6 is 0 Å². The number of nitrogens with zero attached hydrogens (tertiary/aromatic N) is 1. The first-order valence-electron chi connectivity index (χ1n) is 5.94. The van der Waals surface area contributed by atoms with E-state index in [0.717, 1.165) is 0 Å². The minimum absolute atomic E-state index is 0.115. The van der Waals surface area contributed by atoms with Gasteiger partial charge >= 0.3 is 0 Å². The van der Waals surface area contributed by atoms with Crippen LogP contribution in [0.25, 0.3) is 0 Å². The summed E-state index contributed by atoms with van der Waals surface area (Å²) in [5.74, 6) is -1.15. The molecule has 2 rings (SSSR count). The highest BCUT2D eigenvalue weighted by molar-refractivity contribution is 6.00. The number of rotatable bonds is 3. The lowest BCUT2D eigenvalue weighted by Crippen LogP contribution is -2.28. The van der Waals surface area contributed by atoms with E-state index in [2.05, 4.69) is 5.32 Å². The number of nitrogens with one attached hydrogen (secondary N) is 1. The lowest BCUT2D eigenvalue weighted by molar-refractivity contribution is -0.123. The quantitative estimate of drug-likeness (QED) is 0.829. The molecule has 0 spiro atoms. The van der Waals surface area contributed by atoms with Gasteiger partial charge in [-0.1, -0.05) is 0 Å². The summed E-state index contributed by atoms with van der Waals surface area (Å²) in [7, 11) is 0. The number of nitrogens with two attached hydrogens (primary N) is 1. The highest BCUT2D eigenvalue weighted by atomic mass is 16.2. The molecule has 19 heavy (non-hydrogen) atoms. The van der Waals surface area contributed by atoms with Crippen LogP contribution in [0.4, 0.5) is 11.4 Å². The third-order valence-corrected chi connectivity index (χ3v) is 3.03. The molecule has 1 aliphatic rings. The Hall–Kier alpha value is -2.37. The van der Waals surface area contributed by atoms with Crippen LogP contribution in [0.2, 0.25) is 0 Å². The van der Waals surface area contributed by atoms with Gasteiger partial charge in [0.25, 0.3) is 0 Å². The molecule has 1 heterocycles. The minimum atomic E-state index is -0.453. The Labute approximate surface area is 110 Å². The summed E-state index contributed by atoms with van der Waals surface area (Å²) >= 11 is 0. The van der Waals surface area contributed by atoms with E-state index in [-0.39, 0.29) is 18.2 Å². The predicted octanol–water partition coefficient (Wildman–Crippen LogP) is 0.483. The van der Waals surface area contributed by atoms with Crippen molar-refractivity contribution in [2.75, 3.05) is 16.8 Å². The molecule has 1 aromatic carbocycles. The average molecular weight is 261 g/mol. The van der Waals surface area contributed by atoms with Crippen LogP contribution in [0, 0.1) is 5.92 Å². The monoisotopic (exact) mass is 261 g/mol. The average Bonchev–Trinajstić information content (AvgIpc) is 2.72. The molecule has 1 atom stereocenters. The van der Waals surface area contributed by atoms with Gasteiger partial charge in [-0.15, -0.1) is 0 Å². The summed E-state index contributed by atoms with van der Waals surface area (Å²) in [4.78, 5) is 35.3. The van der Waals surface area contributed by atoms with Crippen LogP contribution in [0.3, 0.4) is 0 Å². The fourth-order valence-corrected chi connectivity index (χ4v) is 2.08. The molecule has 0 aromatic heterocycles. The molecule has 3 amide bonds. The molecule has 0 bridgehead atoms. The molecule has 3 N–H and O–H groups in total. The molecule has 6 heteroatoms. The molecule has 1 unspecified atom stereocenters. The Kier molecular flexibility index (Phi) is 3.50. The van der Waals surface area contributed by atoms with Crippen molar-refractivity contribution in [3.05, 3.63) is 24.3 Å². The standard InChI is InChI=1S/C13H15N3O3/c1-8(17)15-10-2-4-11(5-3-10)16-7-9(13(14)19)6-12(16)18/h2-5,9H,6-7H2,1H3,(H2,14,19)(H,15,17). The number of hydrogen-bond donors (Lipinski definition) is 2. The van der Waals surface area contributed by atoms with Crippen molar-refractivity contribution < 1.29 is 14.4 Å². The van der Waals surface area contributed by atoms with Gasteiger partial charge in [-0.25, -0.2) is 0 Å². The maximum absolute atomic E-state index is 11.8. The van der Waals surface area contributed by atoms with Crippen molar-refractivity contribution in [3.63, 3.8) is 0 Å². The molecule has 1 saturated heterocycles. The molecular formula is C13H15N3O3. The lowest BCUT2D eigenvalue weighted by atomic mass is 10.1. The highest BCUT2D eigenvalue weighted by Gasteiger charge is 2.33. The number of benzene rings is 1. The van der Waals surface area contributed by atoms with Crippen LogP contribution in [-0.2, 0) is 14.4 Å². The third-order valence-electron chi connectivity index (χ3n) is 3.03. The maximum atomic E-state index is 11.8. The number of primary amides is 1. The Morgan fingerprint density at radius 2 is 1.95 bits per heavy atom. The molecule has 0 saturated carbocycles. The van der Waals surface area contributed by atoms with Crippen molar-refractivity contribution in [1.29, 1.82) is 0 Å². The van der Waals surface area contributed by atoms with Gasteiger partial charge in [0.1, 0.15) is 0 Å². The molecule has 0 aliphatic carbocycles. The van der Waals surface area contributed by atoms with Crippen molar-refractivity contribution in [2.24, 2.45) is 11.7 Å². The number of anilines is 2. The first kappa shape index (κ1) is 13.1. The summed E-state index contributed by atoms with van der Waals surface area (Å²) in [5.41, 5.74) is 6.57. The predicted molar refractivity (Wildman–Crippen MR) is 70.4 cm³/mol. The van der Waals surface area contributed by atoms with E-state index < -0.39 is 11.8 Å². The van der Waals surface area contributed by atoms with Crippen LogP contribution < -0.4 is 16.0 Å². The Balaban J connectivity index is 2.12. The van der Waals surface area contributed by atoms with Gasteiger partial charge < -0.3 is 16.0 Å². The molecule has 1 fully saturated rings. The first-order chi connectivity index (χ1) is 8.97. The van der Waals surface area contributed by atoms with Crippen LogP contribution in [0.15, 0.2) is 24.3 Å². The zero-order valence-electron chi connectivity index (χ0n) is 10.6. The van der Waals surface area contributed by atoms with Crippen LogP contribution in [0.1, 0.15) is 13.3 Å². The van der Waals surface area contributed by atoms with Gasteiger partial charge in [-0.2, -0.15) is 0 Å². The maximum Gasteiger partial charge on any atom is 0.227 e. The summed E-state index contributed by atoms with van der Waals surface area (Å²) in [6.45, 7) is 1.74. The van der Waals surface area contributed by atoms with Gasteiger partial charge in [-0.05, 0) is 24.3 Å². The van der Waals surface area contributed by atoms with E-state index in [9.17, 15) is 14.4 Å². The number of hydrogen-bond acceptors (Lipinski definition) is 3. The van der Waals surface area contributed by atoms with Gasteiger partial charge in [0, 0.05) is 31.3 Å². The molecule has 1 aliphatic heterocycles. The van der Waals surface area contributed by atoms with E-state index in [1.165, 1.54) is 11.8 Å². The van der Waals surface area contributed by atoms with Gasteiger partial charge in [0.05, 0.1) is 5.92 Å². The van der Waals surface area contributed by atoms with Gasteiger partial charge in [0.15, 0.2) is 0 Å². The van der Waals surface area contributed by atoms with Crippen LogP contribution in [-0.4, -0.2) is 24.3 Å². The van der Waals surface area contributed by atoms with E-state index >= 15 is 0 Å². The largest absolute Gasteiger partial charge is 0.369 e. The second-order valence-corrected chi connectivity index (χ2v) is 4.54. The zero-order chi connectivity index (χ0) is 14.0. The van der Waals surface area contributed by atoms with E-state index in [1.54, 1.807) is 24.3 Å². The SMILES string of the molecule is CC(=O)Nc1ccc(N2CC(C(N)=O)CC2=O)cc1. The second kappa shape index (κ2) is 5.09. The normalized spacial score (nSPS) is 18.5. The fourth-order valence-electron chi connectivity index (χ4n) is 2.08. The zero-order valence-corrected chi connectivity index (χ0v) is 10.6. The number of amides is 3. The number of carbonyl (C=O) groups is 3. The molecule has 6 nitrogen and oxygen atoms in total. The molecular weight excluding hydrogens is 246 g/mol. The summed E-state index contributed by atoms with van der Waals surface area (Å²) in [6, 6.07) is 6.88. The van der Waals surface area contributed by atoms with Crippen LogP contribution in [0.5, 0.6) is 0 Å². The Bertz CT molecular complexity index is 524. The Morgan fingerprint density at radius 3 is 2.42 bits per heavy atom. The molecule has 1 aromatic rings. The highest BCUT2D eigenvalue weighted by Crippen LogP contribution is 2.26. The fraction of sp³-hybridized carbons (Fsp3) is 0.308. The lowest BCUT2D eigenvalue weighted by Gasteiger charge is -2.16. The van der Waals surface area contributed by atoms with Crippen molar-refractivity contribution >= 4 is 29.1 Å². The smallest absolute Gasteiger partial charge is 0.227 e. The van der Waals surface area contributed by atoms with Crippen molar-refractivity contribution in [1.82, 2.24) is 0 Å². The second-order valence-electron chi connectivity index (χ2n) is 4.54. The molecule has 0 radical (unpaired) electrons.